The zero-order valence-corrected chi connectivity index (χ0v) is 14.9. The molecule has 5 heteroatoms. The number of ether oxygens (including phenoxy) is 1. The second kappa shape index (κ2) is 7.33. The smallest absolute Gasteiger partial charge is 0.245 e. The van der Waals surface area contributed by atoms with Crippen LogP contribution in [0.4, 0.5) is 5.82 Å². The number of nitrogens with one attached hydrogen (secondary N) is 1. The third-order valence-electron chi connectivity index (χ3n) is 4.43. The van der Waals surface area contributed by atoms with Gasteiger partial charge in [0.1, 0.15) is 18.1 Å². The number of anilines is 1. The van der Waals surface area contributed by atoms with Gasteiger partial charge in [-0.05, 0) is 42.0 Å². The standard InChI is InChI=1S/C22H19N3O2/c1-27-19-8-9-20-17(13-19)11-12-25(20)15-22(26)24-21-10-7-18(14-23-21)16-5-3-2-4-6-16/h2-14H,15H2,1H3,(H,23,24,26). The van der Waals surface area contributed by atoms with Crippen molar-refractivity contribution in [2.45, 2.75) is 6.54 Å². The molecule has 0 aliphatic rings. The first kappa shape index (κ1) is 16.8. The molecular formula is C22H19N3O2. The Kier molecular flexibility index (Phi) is 4.58. The molecule has 0 saturated carbocycles. The summed E-state index contributed by atoms with van der Waals surface area (Å²) in [5, 5.41) is 3.89. The SMILES string of the molecule is COc1ccc2c(ccn2CC(=O)Nc2ccc(-c3ccccc3)cn2)c1. The molecule has 0 spiro atoms. The van der Waals surface area contributed by atoms with Gasteiger partial charge < -0.3 is 14.6 Å². The van der Waals surface area contributed by atoms with E-state index in [-0.39, 0.29) is 12.5 Å². The largest absolute Gasteiger partial charge is 0.497 e. The predicted octanol–water partition coefficient (Wildman–Crippen LogP) is 4.35. The highest BCUT2D eigenvalue weighted by molar-refractivity contribution is 5.91. The van der Waals surface area contributed by atoms with E-state index in [1.165, 1.54) is 0 Å². The van der Waals surface area contributed by atoms with E-state index in [1.807, 2.05) is 77.5 Å². The molecule has 0 aliphatic carbocycles. The van der Waals surface area contributed by atoms with E-state index in [1.54, 1.807) is 13.3 Å². The number of nitrogens with zero attached hydrogens (tertiary/aromatic N) is 2. The monoisotopic (exact) mass is 357 g/mol. The number of rotatable bonds is 5. The first-order valence-corrected chi connectivity index (χ1v) is 8.67. The van der Waals surface area contributed by atoms with Crippen LogP contribution in [0.2, 0.25) is 0 Å². The average molecular weight is 357 g/mol. The van der Waals surface area contributed by atoms with E-state index in [9.17, 15) is 4.79 Å². The fraction of sp³-hybridized carbons (Fsp3) is 0.0909. The summed E-state index contributed by atoms with van der Waals surface area (Å²) in [7, 11) is 1.64. The van der Waals surface area contributed by atoms with Crippen molar-refractivity contribution >= 4 is 22.6 Å². The lowest BCUT2D eigenvalue weighted by molar-refractivity contribution is -0.116. The van der Waals surface area contributed by atoms with Gasteiger partial charge in [0.2, 0.25) is 5.91 Å². The van der Waals surface area contributed by atoms with Crippen LogP contribution in [-0.2, 0) is 11.3 Å². The molecule has 5 nitrogen and oxygen atoms in total. The number of hydrogen-bond donors (Lipinski definition) is 1. The Morgan fingerprint density at radius 3 is 2.63 bits per heavy atom. The number of hydrogen-bond acceptors (Lipinski definition) is 3. The average Bonchev–Trinajstić information content (AvgIpc) is 3.11. The Hall–Kier alpha value is -3.60. The molecular weight excluding hydrogens is 338 g/mol. The van der Waals surface area contributed by atoms with E-state index in [2.05, 4.69) is 10.3 Å². The van der Waals surface area contributed by atoms with Crippen molar-refractivity contribution in [3.8, 4) is 16.9 Å². The minimum absolute atomic E-state index is 0.122. The van der Waals surface area contributed by atoms with E-state index in [4.69, 9.17) is 4.74 Å². The van der Waals surface area contributed by atoms with Crippen LogP contribution in [0.15, 0.2) is 79.1 Å². The van der Waals surface area contributed by atoms with Gasteiger partial charge in [0.15, 0.2) is 0 Å². The summed E-state index contributed by atoms with van der Waals surface area (Å²) >= 11 is 0. The lowest BCUT2D eigenvalue weighted by Gasteiger charge is -2.08. The van der Waals surface area contributed by atoms with Crippen molar-refractivity contribution < 1.29 is 9.53 Å². The number of carbonyl (C=O) groups excluding carboxylic acids is 1. The third-order valence-corrected chi connectivity index (χ3v) is 4.43. The molecule has 0 aliphatic heterocycles. The summed E-state index contributed by atoms with van der Waals surface area (Å²) in [6.45, 7) is 0.220. The number of amides is 1. The van der Waals surface area contributed by atoms with Gasteiger partial charge in [-0.1, -0.05) is 30.3 Å². The quantitative estimate of drug-likeness (QED) is 0.578. The molecule has 2 heterocycles. The fourth-order valence-electron chi connectivity index (χ4n) is 3.05. The first-order chi connectivity index (χ1) is 13.2. The van der Waals surface area contributed by atoms with Crippen LogP contribution in [0.3, 0.4) is 0 Å². The molecule has 4 rings (SSSR count). The number of methoxy groups -OCH3 is 1. The minimum Gasteiger partial charge on any atom is -0.497 e. The number of pyridine rings is 1. The van der Waals surface area contributed by atoms with Crippen LogP contribution in [-0.4, -0.2) is 22.6 Å². The van der Waals surface area contributed by atoms with Crippen molar-refractivity contribution in [3.63, 3.8) is 0 Å². The second-order valence-corrected chi connectivity index (χ2v) is 6.21. The van der Waals surface area contributed by atoms with E-state index < -0.39 is 0 Å². The summed E-state index contributed by atoms with van der Waals surface area (Å²) in [5.41, 5.74) is 3.09. The fourth-order valence-corrected chi connectivity index (χ4v) is 3.05. The van der Waals surface area contributed by atoms with Crippen molar-refractivity contribution in [2.75, 3.05) is 12.4 Å². The number of benzene rings is 2. The minimum atomic E-state index is -0.122. The highest BCUT2D eigenvalue weighted by Crippen LogP contribution is 2.22. The van der Waals surface area contributed by atoms with E-state index in [0.717, 1.165) is 27.8 Å². The summed E-state index contributed by atoms with van der Waals surface area (Å²) in [5.74, 6) is 1.22. The van der Waals surface area contributed by atoms with Gasteiger partial charge in [0.05, 0.1) is 7.11 Å². The van der Waals surface area contributed by atoms with Crippen molar-refractivity contribution in [2.24, 2.45) is 0 Å². The van der Waals surface area contributed by atoms with Gasteiger partial charge in [-0.15, -0.1) is 0 Å². The lowest BCUT2D eigenvalue weighted by atomic mass is 10.1. The van der Waals surface area contributed by atoms with Gasteiger partial charge >= 0.3 is 0 Å². The molecule has 2 aromatic heterocycles. The maximum Gasteiger partial charge on any atom is 0.245 e. The molecule has 0 atom stereocenters. The normalized spacial score (nSPS) is 10.7. The Balaban J connectivity index is 1.45. The van der Waals surface area contributed by atoms with Gasteiger partial charge in [-0.3, -0.25) is 4.79 Å². The summed E-state index contributed by atoms with van der Waals surface area (Å²) in [6, 6.07) is 21.5. The van der Waals surface area contributed by atoms with Crippen LogP contribution in [0.1, 0.15) is 0 Å². The maximum absolute atomic E-state index is 12.4. The van der Waals surface area contributed by atoms with E-state index in [0.29, 0.717) is 5.82 Å². The number of fused-ring (bicyclic) bond motifs is 1. The van der Waals surface area contributed by atoms with Gasteiger partial charge in [-0.2, -0.15) is 0 Å². The number of aromatic nitrogens is 2. The molecule has 0 unspecified atom stereocenters. The Labute approximate surface area is 157 Å². The van der Waals surface area contributed by atoms with Crippen LogP contribution < -0.4 is 10.1 Å². The van der Waals surface area contributed by atoms with Crippen LogP contribution in [0.5, 0.6) is 5.75 Å². The topological polar surface area (TPSA) is 56.1 Å². The Morgan fingerprint density at radius 2 is 1.89 bits per heavy atom. The molecule has 0 saturated heterocycles. The molecule has 2 aromatic carbocycles. The Morgan fingerprint density at radius 1 is 1.04 bits per heavy atom. The van der Waals surface area contributed by atoms with Crippen LogP contribution in [0, 0.1) is 0 Å². The van der Waals surface area contributed by atoms with Crippen molar-refractivity contribution in [1.82, 2.24) is 9.55 Å². The zero-order valence-electron chi connectivity index (χ0n) is 14.9. The molecule has 1 N–H and O–H groups in total. The zero-order chi connectivity index (χ0) is 18.6. The summed E-state index contributed by atoms with van der Waals surface area (Å²) in [6.07, 6.45) is 3.66. The summed E-state index contributed by atoms with van der Waals surface area (Å²) < 4.78 is 7.14. The molecule has 4 aromatic rings. The van der Waals surface area contributed by atoms with Gasteiger partial charge in [0.25, 0.3) is 0 Å². The van der Waals surface area contributed by atoms with Crippen molar-refractivity contribution in [3.05, 3.63) is 79.1 Å². The molecule has 27 heavy (non-hydrogen) atoms. The first-order valence-electron chi connectivity index (χ1n) is 8.67. The lowest BCUT2D eigenvalue weighted by Crippen LogP contribution is -2.18. The highest BCUT2D eigenvalue weighted by Gasteiger charge is 2.08. The molecule has 0 fully saturated rings. The van der Waals surface area contributed by atoms with Crippen LogP contribution in [0.25, 0.3) is 22.0 Å². The van der Waals surface area contributed by atoms with Crippen LogP contribution >= 0.6 is 0 Å². The summed E-state index contributed by atoms with van der Waals surface area (Å²) in [4.78, 5) is 16.8. The van der Waals surface area contributed by atoms with Gasteiger partial charge in [0, 0.05) is 28.9 Å². The predicted molar refractivity (Wildman–Crippen MR) is 107 cm³/mol. The molecule has 0 bridgehead atoms. The van der Waals surface area contributed by atoms with E-state index >= 15 is 0 Å². The molecule has 134 valence electrons. The molecule has 0 radical (unpaired) electrons. The Bertz CT molecular complexity index is 1070. The number of carbonyl (C=O) groups is 1. The highest BCUT2D eigenvalue weighted by atomic mass is 16.5. The maximum atomic E-state index is 12.4. The second-order valence-electron chi connectivity index (χ2n) is 6.21. The third kappa shape index (κ3) is 3.67. The van der Waals surface area contributed by atoms with Gasteiger partial charge in [-0.25, -0.2) is 4.98 Å². The van der Waals surface area contributed by atoms with Crippen molar-refractivity contribution in [1.29, 1.82) is 0 Å². The molecule has 1 amide bonds.